The van der Waals surface area contributed by atoms with E-state index in [2.05, 4.69) is 114 Å². The molecule has 3 aromatic heterocycles. The minimum absolute atomic E-state index is 0.601. The van der Waals surface area contributed by atoms with Crippen molar-refractivity contribution >= 4 is 44.5 Å². The minimum atomic E-state index is 0.601. The number of hydrogen-bond donors (Lipinski definition) is 0. The molecule has 5 nitrogen and oxygen atoms in total. The first-order chi connectivity index (χ1) is 27.3. The topological polar surface area (TPSA) is 56.7 Å². The second-order valence-corrected chi connectivity index (χ2v) is 14.0. The van der Waals surface area contributed by atoms with Crippen LogP contribution in [0.1, 0.15) is 16.8 Å². The van der Waals surface area contributed by atoms with Crippen LogP contribution in [0.15, 0.2) is 180 Å². The molecule has 1 aliphatic carbocycles. The predicted molar refractivity (Wildman–Crippen MR) is 224 cm³/mol. The Bertz CT molecular complexity index is 3030. The highest BCUT2D eigenvalue weighted by molar-refractivity contribution is 6.14. The highest BCUT2D eigenvalue weighted by Crippen LogP contribution is 2.44. The lowest BCUT2D eigenvalue weighted by Crippen LogP contribution is -2.01. The molecule has 0 radical (unpaired) electrons. The van der Waals surface area contributed by atoms with Gasteiger partial charge in [-0.1, -0.05) is 152 Å². The Hall–Kier alpha value is -7.37. The van der Waals surface area contributed by atoms with E-state index in [1.165, 1.54) is 38.9 Å². The number of para-hydroxylation sites is 1. The van der Waals surface area contributed by atoms with Crippen molar-refractivity contribution in [2.24, 2.45) is 0 Å². The van der Waals surface area contributed by atoms with E-state index in [1.807, 2.05) is 72.8 Å². The van der Waals surface area contributed by atoms with E-state index in [0.717, 1.165) is 56.3 Å². The van der Waals surface area contributed by atoms with Crippen LogP contribution in [0.4, 0.5) is 0 Å². The van der Waals surface area contributed by atoms with Crippen LogP contribution in [0.2, 0.25) is 0 Å². The number of allylic oxidation sites excluding steroid dienone is 1. The zero-order valence-corrected chi connectivity index (χ0v) is 29.7. The molecule has 55 heavy (non-hydrogen) atoms. The summed E-state index contributed by atoms with van der Waals surface area (Å²) >= 11 is 0. The molecule has 11 rings (SSSR count). The zero-order valence-electron chi connectivity index (χ0n) is 29.7. The van der Waals surface area contributed by atoms with Crippen molar-refractivity contribution < 1.29 is 4.42 Å². The van der Waals surface area contributed by atoms with Crippen molar-refractivity contribution in [3.05, 3.63) is 193 Å². The van der Waals surface area contributed by atoms with Crippen molar-refractivity contribution in [1.29, 1.82) is 0 Å². The number of hydrogen-bond acceptors (Lipinski definition) is 4. The number of aromatic nitrogens is 4. The first-order valence-electron chi connectivity index (χ1n) is 18.6. The zero-order chi connectivity index (χ0) is 36.3. The minimum Gasteiger partial charge on any atom is -0.454 e. The van der Waals surface area contributed by atoms with E-state index >= 15 is 0 Å². The van der Waals surface area contributed by atoms with Crippen molar-refractivity contribution in [3.8, 4) is 51.0 Å². The van der Waals surface area contributed by atoms with Crippen LogP contribution in [-0.4, -0.2) is 19.5 Å². The fourth-order valence-electron chi connectivity index (χ4n) is 8.16. The second kappa shape index (κ2) is 12.6. The molecule has 0 spiro atoms. The van der Waals surface area contributed by atoms with Crippen LogP contribution in [-0.2, 0) is 6.42 Å². The molecule has 0 unspecified atom stereocenters. The summed E-state index contributed by atoms with van der Waals surface area (Å²) in [6.45, 7) is 0. The third-order valence-corrected chi connectivity index (χ3v) is 10.7. The molecule has 3 heterocycles. The number of rotatable bonds is 6. The Morgan fingerprint density at radius 1 is 0.473 bits per heavy atom. The van der Waals surface area contributed by atoms with Crippen LogP contribution >= 0.6 is 0 Å². The van der Waals surface area contributed by atoms with E-state index in [-0.39, 0.29) is 0 Å². The maximum absolute atomic E-state index is 6.90. The normalized spacial score (nSPS) is 12.4. The van der Waals surface area contributed by atoms with Crippen molar-refractivity contribution in [2.75, 3.05) is 0 Å². The largest absolute Gasteiger partial charge is 0.454 e. The summed E-state index contributed by atoms with van der Waals surface area (Å²) < 4.78 is 9.32. The Kier molecular flexibility index (Phi) is 7.17. The number of benzene rings is 7. The molecule has 1 aliphatic rings. The molecule has 0 saturated carbocycles. The first kappa shape index (κ1) is 31.2. The summed E-state index contributed by atoms with van der Waals surface area (Å²) in [5, 5.41) is 3.21. The van der Waals surface area contributed by atoms with Gasteiger partial charge < -0.3 is 8.98 Å². The third-order valence-electron chi connectivity index (χ3n) is 10.7. The average molecular weight is 705 g/mol. The van der Waals surface area contributed by atoms with Crippen LogP contribution in [0, 0.1) is 0 Å². The summed E-state index contributed by atoms with van der Waals surface area (Å²) in [6.07, 6.45) is 3.19. The van der Waals surface area contributed by atoms with Gasteiger partial charge in [0, 0.05) is 50.5 Å². The van der Waals surface area contributed by atoms with Crippen molar-refractivity contribution in [3.63, 3.8) is 0 Å². The van der Waals surface area contributed by atoms with Crippen LogP contribution in [0.3, 0.4) is 0 Å². The first-order valence-corrected chi connectivity index (χ1v) is 18.6. The monoisotopic (exact) mass is 704 g/mol. The molecule has 0 atom stereocenters. The molecule has 0 fully saturated rings. The van der Waals surface area contributed by atoms with Crippen LogP contribution in [0.5, 0.6) is 0 Å². The van der Waals surface area contributed by atoms with Crippen molar-refractivity contribution in [2.45, 2.75) is 6.42 Å². The fraction of sp³-hybridized carbons (Fsp3) is 0.0200. The lowest BCUT2D eigenvalue weighted by atomic mass is 10.0. The van der Waals surface area contributed by atoms with Gasteiger partial charge in [-0.15, -0.1) is 0 Å². The quantitative estimate of drug-likeness (QED) is 0.173. The third kappa shape index (κ3) is 5.20. The Morgan fingerprint density at radius 2 is 1.07 bits per heavy atom. The molecule has 0 N–H and O–H groups in total. The maximum Gasteiger partial charge on any atom is 0.164 e. The summed E-state index contributed by atoms with van der Waals surface area (Å²) in [5.41, 5.74) is 14.0. The Morgan fingerprint density at radius 3 is 1.75 bits per heavy atom. The van der Waals surface area contributed by atoms with E-state index in [0.29, 0.717) is 17.5 Å². The second-order valence-electron chi connectivity index (χ2n) is 14.0. The lowest BCUT2D eigenvalue weighted by Gasteiger charge is -2.12. The highest BCUT2D eigenvalue weighted by atomic mass is 16.3. The summed E-state index contributed by atoms with van der Waals surface area (Å²) in [5.74, 6) is 1.85. The van der Waals surface area contributed by atoms with Gasteiger partial charge in [-0.2, -0.15) is 0 Å². The molecule has 0 saturated heterocycles. The van der Waals surface area contributed by atoms with Gasteiger partial charge >= 0.3 is 0 Å². The molecule has 5 heteroatoms. The van der Waals surface area contributed by atoms with E-state index in [1.54, 1.807) is 0 Å². The van der Waals surface area contributed by atoms with E-state index in [9.17, 15) is 0 Å². The van der Waals surface area contributed by atoms with Gasteiger partial charge in [0.15, 0.2) is 23.1 Å². The summed E-state index contributed by atoms with van der Waals surface area (Å²) in [7, 11) is 0. The SMILES string of the molecule is C1=C(c2ccccc2)Cc2c1c1cc(-c3ccccc3)ccc1n2-c1cccc2c1oc1cccc(-c3nc(-c4ccccc4)nc(-c4ccccc4)n3)c12. The molecule has 258 valence electrons. The molecule has 0 aliphatic heterocycles. The molecular weight excluding hydrogens is 673 g/mol. The van der Waals surface area contributed by atoms with Crippen molar-refractivity contribution in [1.82, 2.24) is 19.5 Å². The summed E-state index contributed by atoms with van der Waals surface area (Å²) in [6, 6.07) is 61.0. The van der Waals surface area contributed by atoms with Crippen LogP contribution < -0.4 is 0 Å². The Labute approximate surface area is 317 Å². The smallest absolute Gasteiger partial charge is 0.164 e. The van der Waals surface area contributed by atoms with E-state index in [4.69, 9.17) is 19.4 Å². The molecule has 7 aromatic carbocycles. The molecule has 0 bridgehead atoms. The van der Waals surface area contributed by atoms with Gasteiger partial charge in [0.1, 0.15) is 5.58 Å². The Balaban J connectivity index is 1.13. The number of furan rings is 1. The van der Waals surface area contributed by atoms with Gasteiger partial charge in [-0.25, -0.2) is 15.0 Å². The van der Waals surface area contributed by atoms with Gasteiger partial charge in [-0.05, 0) is 52.6 Å². The van der Waals surface area contributed by atoms with Gasteiger partial charge in [0.05, 0.1) is 11.2 Å². The number of fused-ring (bicyclic) bond motifs is 6. The molecule has 0 amide bonds. The van der Waals surface area contributed by atoms with Gasteiger partial charge in [-0.3, -0.25) is 0 Å². The van der Waals surface area contributed by atoms with Gasteiger partial charge in [0.2, 0.25) is 0 Å². The predicted octanol–water partition coefficient (Wildman–Crippen LogP) is 12.5. The fourth-order valence-corrected chi connectivity index (χ4v) is 8.16. The summed E-state index contributed by atoms with van der Waals surface area (Å²) in [4.78, 5) is 15.1. The van der Waals surface area contributed by atoms with E-state index < -0.39 is 0 Å². The average Bonchev–Trinajstić information content (AvgIpc) is 3.96. The lowest BCUT2D eigenvalue weighted by molar-refractivity contribution is 0.665. The van der Waals surface area contributed by atoms with Gasteiger partial charge in [0.25, 0.3) is 0 Å². The molecular formula is C50H32N4O. The van der Waals surface area contributed by atoms with Crippen LogP contribution in [0.25, 0.3) is 95.5 Å². The molecule has 10 aromatic rings. The number of nitrogens with zero attached hydrogens (tertiary/aromatic N) is 4. The highest BCUT2D eigenvalue weighted by Gasteiger charge is 2.27. The standard InChI is InChI=1S/C50H32N4O/c1-5-15-32(16-6-1)36-27-28-42-40(29-36)41-30-37(33-17-7-2-8-18-33)31-44(41)54(42)43-25-13-23-38-46-39(24-14-26-45(46)55-47(38)43)50-52-48(34-19-9-3-10-20-34)51-49(53-50)35-21-11-4-12-22-35/h1-30H,31H2. The maximum atomic E-state index is 6.90.